The highest BCUT2D eigenvalue weighted by atomic mass is 16.2. The molecule has 0 saturated heterocycles. The maximum Gasteiger partial charge on any atom is 0.245 e. The van der Waals surface area contributed by atoms with Crippen LogP contribution in [-0.4, -0.2) is 21.7 Å². The van der Waals surface area contributed by atoms with Crippen molar-refractivity contribution in [3.8, 4) is 0 Å². The van der Waals surface area contributed by atoms with Gasteiger partial charge in [0.05, 0.1) is 5.69 Å². The lowest BCUT2D eigenvalue weighted by Gasteiger charge is -2.27. The van der Waals surface area contributed by atoms with Crippen LogP contribution in [0.15, 0.2) is 6.07 Å². The lowest BCUT2D eigenvalue weighted by molar-refractivity contribution is -0.126. The van der Waals surface area contributed by atoms with Gasteiger partial charge in [-0.1, -0.05) is 53.9 Å². The van der Waals surface area contributed by atoms with Crippen LogP contribution in [0.25, 0.3) is 0 Å². The third kappa shape index (κ3) is 4.74. The Morgan fingerprint density at radius 2 is 1.96 bits per heavy atom. The van der Waals surface area contributed by atoms with E-state index in [1.54, 1.807) is 4.68 Å². The molecule has 5 heteroatoms. The van der Waals surface area contributed by atoms with Crippen molar-refractivity contribution < 1.29 is 4.79 Å². The maximum absolute atomic E-state index is 12.9. The number of anilines is 1. The predicted octanol–water partition coefficient (Wildman–Crippen LogP) is 3.80. The molecule has 0 aliphatic heterocycles. The number of nitrogens with zero attached hydrogens (tertiary/aromatic N) is 2. The molecular weight excluding hydrogens is 300 g/mol. The number of hydrogen-bond donors (Lipinski definition) is 2. The third-order valence-electron chi connectivity index (χ3n) is 4.78. The first-order chi connectivity index (χ1) is 11.2. The fraction of sp³-hybridized carbons (Fsp3) is 0.789. The van der Waals surface area contributed by atoms with Gasteiger partial charge in [0.2, 0.25) is 5.91 Å². The lowest BCUT2D eigenvalue weighted by Crippen LogP contribution is -2.41. The van der Waals surface area contributed by atoms with Gasteiger partial charge in [-0.25, -0.2) is 4.68 Å². The van der Waals surface area contributed by atoms with Crippen LogP contribution in [0.4, 0.5) is 5.82 Å². The van der Waals surface area contributed by atoms with Crippen LogP contribution in [0.5, 0.6) is 0 Å². The normalized spacial score (nSPS) is 17.9. The van der Waals surface area contributed by atoms with E-state index in [-0.39, 0.29) is 17.4 Å². The average molecular weight is 335 g/mol. The van der Waals surface area contributed by atoms with Crippen molar-refractivity contribution in [3.63, 3.8) is 0 Å². The second kappa shape index (κ2) is 7.58. The minimum atomic E-state index is -0.331. The number of carbonyl (C=O) groups excluding carboxylic acids is 1. The SMILES string of the molecule is CC(C)CC(C(=O)NC1CCCCC1)n1nc(C(C)(C)C)cc1N. The number of aromatic nitrogens is 2. The van der Waals surface area contributed by atoms with Gasteiger partial charge in [0.15, 0.2) is 0 Å². The van der Waals surface area contributed by atoms with E-state index in [1.165, 1.54) is 19.3 Å². The Hall–Kier alpha value is -1.52. The van der Waals surface area contributed by atoms with Crippen LogP contribution in [0.1, 0.15) is 84.9 Å². The molecule has 1 aromatic heterocycles. The molecule has 1 atom stereocenters. The zero-order valence-corrected chi connectivity index (χ0v) is 15.9. The summed E-state index contributed by atoms with van der Waals surface area (Å²) in [6.45, 7) is 10.6. The van der Waals surface area contributed by atoms with Gasteiger partial charge in [-0.3, -0.25) is 4.79 Å². The first-order valence-corrected chi connectivity index (χ1v) is 9.34. The Kier molecular flexibility index (Phi) is 5.94. The fourth-order valence-corrected chi connectivity index (χ4v) is 3.33. The first kappa shape index (κ1) is 18.8. The molecule has 1 aromatic rings. The smallest absolute Gasteiger partial charge is 0.245 e. The molecule has 1 fully saturated rings. The molecule has 5 nitrogen and oxygen atoms in total. The lowest BCUT2D eigenvalue weighted by atomic mass is 9.92. The van der Waals surface area contributed by atoms with Crippen LogP contribution in [0, 0.1) is 5.92 Å². The van der Waals surface area contributed by atoms with E-state index in [4.69, 9.17) is 5.73 Å². The molecule has 1 amide bonds. The Bertz CT molecular complexity index is 550. The second-order valence-electron chi connectivity index (χ2n) is 8.64. The predicted molar refractivity (Wildman–Crippen MR) is 98.8 cm³/mol. The molecule has 24 heavy (non-hydrogen) atoms. The van der Waals surface area contributed by atoms with Gasteiger partial charge >= 0.3 is 0 Å². The first-order valence-electron chi connectivity index (χ1n) is 9.34. The van der Waals surface area contributed by atoms with Crippen molar-refractivity contribution >= 4 is 11.7 Å². The van der Waals surface area contributed by atoms with Gasteiger partial charge in [-0.2, -0.15) is 5.10 Å². The molecule has 0 aromatic carbocycles. The van der Waals surface area contributed by atoms with Gasteiger partial charge in [0, 0.05) is 17.5 Å². The number of rotatable bonds is 5. The van der Waals surface area contributed by atoms with E-state index >= 15 is 0 Å². The van der Waals surface area contributed by atoms with Crippen LogP contribution >= 0.6 is 0 Å². The van der Waals surface area contributed by atoms with E-state index in [1.807, 2.05) is 6.07 Å². The molecule has 2 rings (SSSR count). The fourth-order valence-electron chi connectivity index (χ4n) is 3.33. The molecule has 0 spiro atoms. The van der Waals surface area contributed by atoms with Crippen molar-refractivity contribution in [2.75, 3.05) is 5.73 Å². The van der Waals surface area contributed by atoms with E-state index in [0.29, 0.717) is 17.8 Å². The van der Waals surface area contributed by atoms with Gasteiger partial charge in [0.25, 0.3) is 0 Å². The summed E-state index contributed by atoms with van der Waals surface area (Å²) in [5.41, 5.74) is 7.05. The Morgan fingerprint density at radius 1 is 1.33 bits per heavy atom. The third-order valence-corrected chi connectivity index (χ3v) is 4.78. The van der Waals surface area contributed by atoms with Crippen molar-refractivity contribution in [1.29, 1.82) is 0 Å². The van der Waals surface area contributed by atoms with Gasteiger partial charge in [-0.05, 0) is 25.2 Å². The molecule has 0 radical (unpaired) electrons. The molecule has 0 bridgehead atoms. The summed E-state index contributed by atoms with van der Waals surface area (Å²) >= 11 is 0. The van der Waals surface area contributed by atoms with Gasteiger partial charge in [-0.15, -0.1) is 0 Å². The summed E-state index contributed by atoms with van der Waals surface area (Å²) in [6, 6.07) is 1.88. The minimum absolute atomic E-state index is 0.0610. The molecule has 136 valence electrons. The molecule has 1 aliphatic carbocycles. The van der Waals surface area contributed by atoms with Gasteiger partial charge < -0.3 is 11.1 Å². The minimum Gasteiger partial charge on any atom is -0.384 e. The summed E-state index contributed by atoms with van der Waals surface area (Å²) in [5, 5.41) is 7.92. The molecule has 1 saturated carbocycles. The highest BCUT2D eigenvalue weighted by Gasteiger charge is 2.29. The zero-order valence-electron chi connectivity index (χ0n) is 15.9. The van der Waals surface area contributed by atoms with E-state index in [0.717, 1.165) is 25.0 Å². The monoisotopic (exact) mass is 334 g/mol. The van der Waals surface area contributed by atoms with E-state index in [2.05, 4.69) is 45.0 Å². The van der Waals surface area contributed by atoms with Crippen molar-refractivity contribution in [2.24, 2.45) is 5.92 Å². The highest BCUT2D eigenvalue weighted by Crippen LogP contribution is 2.28. The van der Waals surface area contributed by atoms with Crippen LogP contribution in [0.3, 0.4) is 0 Å². The van der Waals surface area contributed by atoms with Crippen LogP contribution < -0.4 is 11.1 Å². The molecule has 3 N–H and O–H groups in total. The largest absolute Gasteiger partial charge is 0.384 e. The summed E-state index contributed by atoms with van der Waals surface area (Å²) < 4.78 is 1.73. The van der Waals surface area contributed by atoms with Crippen molar-refractivity contribution in [3.05, 3.63) is 11.8 Å². The Labute approximate surface area is 146 Å². The molecule has 1 aliphatic rings. The molecule has 1 heterocycles. The topological polar surface area (TPSA) is 72.9 Å². The number of hydrogen-bond acceptors (Lipinski definition) is 3. The number of nitrogen functional groups attached to an aromatic ring is 1. The van der Waals surface area contributed by atoms with Crippen molar-refractivity contribution in [2.45, 2.75) is 90.6 Å². The molecular formula is C19H34N4O. The Balaban J connectivity index is 2.21. The van der Waals surface area contributed by atoms with Gasteiger partial charge in [0.1, 0.15) is 11.9 Å². The summed E-state index contributed by atoms with van der Waals surface area (Å²) in [7, 11) is 0. The number of nitrogens with one attached hydrogen (secondary N) is 1. The zero-order chi connectivity index (χ0) is 17.9. The Morgan fingerprint density at radius 3 is 2.46 bits per heavy atom. The van der Waals surface area contributed by atoms with E-state index < -0.39 is 0 Å². The standard InChI is InChI=1S/C19H34N4O/c1-13(2)11-15(18(24)21-14-9-7-6-8-10-14)23-17(20)12-16(22-23)19(3,4)5/h12-15H,6-11,20H2,1-5H3,(H,21,24). The summed E-state index contributed by atoms with van der Waals surface area (Å²) in [4.78, 5) is 12.9. The molecule has 1 unspecified atom stereocenters. The maximum atomic E-state index is 12.9. The van der Waals surface area contributed by atoms with Crippen LogP contribution in [-0.2, 0) is 10.2 Å². The second-order valence-corrected chi connectivity index (χ2v) is 8.64. The average Bonchev–Trinajstić information content (AvgIpc) is 2.87. The number of amides is 1. The highest BCUT2D eigenvalue weighted by molar-refractivity contribution is 5.81. The number of nitrogens with two attached hydrogens (primary N) is 1. The van der Waals surface area contributed by atoms with Crippen molar-refractivity contribution in [1.82, 2.24) is 15.1 Å². The summed E-state index contributed by atoms with van der Waals surface area (Å²) in [5.74, 6) is 1.03. The summed E-state index contributed by atoms with van der Waals surface area (Å²) in [6.07, 6.45) is 6.61. The van der Waals surface area contributed by atoms with E-state index in [9.17, 15) is 4.79 Å². The van der Waals surface area contributed by atoms with Crippen LogP contribution in [0.2, 0.25) is 0 Å². The number of carbonyl (C=O) groups is 1. The quantitative estimate of drug-likeness (QED) is 0.860.